The number of halogens is 3. The van der Waals surface area contributed by atoms with E-state index in [0.717, 1.165) is 16.3 Å². The van der Waals surface area contributed by atoms with Crippen LogP contribution in [0.3, 0.4) is 0 Å². The van der Waals surface area contributed by atoms with Gasteiger partial charge in [0, 0.05) is 36.0 Å². The van der Waals surface area contributed by atoms with Gasteiger partial charge in [-0.2, -0.15) is 13.2 Å². The van der Waals surface area contributed by atoms with Crippen LogP contribution in [-0.2, 0) is 17.5 Å². The molecule has 0 fully saturated rings. The molecule has 0 aliphatic heterocycles. The summed E-state index contributed by atoms with van der Waals surface area (Å²) in [7, 11) is 0. The molecule has 2 aromatic heterocycles. The number of aromatic nitrogens is 3. The van der Waals surface area contributed by atoms with Crippen molar-refractivity contribution in [1.29, 1.82) is 0 Å². The number of nitrogens with one attached hydrogen (secondary N) is 1. The molecule has 0 atom stereocenters. The van der Waals surface area contributed by atoms with Gasteiger partial charge >= 0.3 is 6.18 Å². The number of amides is 1. The fourth-order valence-electron chi connectivity index (χ4n) is 2.31. The maximum Gasteiger partial charge on any atom is 0.417 e. The van der Waals surface area contributed by atoms with Gasteiger partial charge in [-0.05, 0) is 30.3 Å². The summed E-state index contributed by atoms with van der Waals surface area (Å²) in [5.41, 5.74) is -0.397. The Balaban J connectivity index is 1.70. The third-order valence-corrected chi connectivity index (χ3v) is 3.58. The van der Waals surface area contributed by atoms with E-state index in [1.807, 2.05) is 0 Å². The highest BCUT2D eigenvalue weighted by molar-refractivity contribution is 5.90. The van der Waals surface area contributed by atoms with Crippen LogP contribution in [0.5, 0.6) is 0 Å². The lowest BCUT2D eigenvalue weighted by Gasteiger charge is -2.11. The van der Waals surface area contributed by atoms with Crippen molar-refractivity contribution in [1.82, 2.24) is 14.1 Å². The van der Waals surface area contributed by atoms with Crippen molar-refractivity contribution < 1.29 is 18.0 Å². The second kappa shape index (κ2) is 6.87. The van der Waals surface area contributed by atoms with E-state index in [-0.39, 0.29) is 0 Å². The molecule has 0 aliphatic rings. The van der Waals surface area contributed by atoms with Crippen LogP contribution in [0.15, 0.2) is 66.1 Å². The van der Waals surface area contributed by atoms with E-state index in [2.05, 4.69) is 10.3 Å². The third kappa shape index (κ3) is 4.00. The molecule has 26 heavy (non-hydrogen) atoms. The number of anilines is 1. The Kier molecular flexibility index (Phi) is 4.61. The molecular formula is C17H13F3N4O2. The molecule has 2 heterocycles. The molecule has 0 unspecified atom stereocenters. The van der Waals surface area contributed by atoms with Crippen molar-refractivity contribution in [2.24, 2.45) is 0 Å². The van der Waals surface area contributed by atoms with Gasteiger partial charge in [-0.1, -0.05) is 0 Å². The number of imidazole rings is 1. The van der Waals surface area contributed by atoms with Crippen molar-refractivity contribution in [2.75, 3.05) is 5.32 Å². The minimum Gasteiger partial charge on any atom is -0.325 e. The van der Waals surface area contributed by atoms with E-state index in [0.29, 0.717) is 18.0 Å². The average molecular weight is 362 g/mol. The van der Waals surface area contributed by atoms with E-state index in [1.165, 1.54) is 0 Å². The highest BCUT2D eigenvalue weighted by Gasteiger charge is 2.31. The number of benzene rings is 1. The number of nitrogens with zero attached hydrogens (tertiary/aromatic N) is 3. The molecule has 3 aromatic rings. The third-order valence-electron chi connectivity index (χ3n) is 3.58. The van der Waals surface area contributed by atoms with Crippen LogP contribution in [0.1, 0.15) is 5.56 Å². The lowest BCUT2D eigenvalue weighted by molar-refractivity contribution is -0.138. The average Bonchev–Trinajstić information content (AvgIpc) is 3.11. The van der Waals surface area contributed by atoms with Gasteiger partial charge in [0.15, 0.2) is 0 Å². The summed E-state index contributed by atoms with van der Waals surface area (Å²) >= 11 is 0. The van der Waals surface area contributed by atoms with Gasteiger partial charge in [0.1, 0.15) is 6.54 Å². The number of carbonyl (C=O) groups is 1. The van der Waals surface area contributed by atoms with Crippen molar-refractivity contribution in [3.05, 3.63) is 77.2 Å². The first kappa shape index (κ1) is 17.5. The number of hydrogen-bond acceptors (Lipinski definition) is 3. The molecule has 0 aliphatic carbocycles. The second-order valence-corrected chi connectivity index (χ2v) is 5.45. The van der Waals surface area contributed by atoms with Gasteiger partial charge in [-0.3, -0.25) is 9.59 Å². The maximum atomic E-state index is 12.7. The Morgan fingerprint density at radius 2 is 1.85 bits per heavy atom. The summed E-state index contributed by atoms with van der Waals surface area (Å²) in [6.45, 7) is -0.522. The van der Waals surface area contributed by atoms with Gasteiger partial charge in [0.2, 0.25) is 5.91 Å². The van der Waals surface area contributed by atoms with Crippen LogP contribution < -0.4 is 10.9 Å². The molecule has 1 aromatic carbocycles. The van der Waals surface area contributed by atoms with E-state index >= 15 is 0 Å². The Morgan fingerprint density at radius 1 is 1.12 bits per heavy atom. The lowest BCUT2D eigenvalue weighted by Crippen LogP contribution is -2.28. The van der Waals surface area contributed by atoms with Gasteiger partial charge in [0.05, 0.1) is 11.9 Å². The monoisotopic (exact) mass is 362 g/mol. The number of carbonyl (C=O) groups excluding carboxylic acids is 1. The number of rotatable bonds is 4. The molecule has 0 spiro atoms. The molecular weight excluding hydrogens is 349 g/mol. The van der Waals surface area contributed by atoms with Crippen LogP contribution in [0.2, 0.25) is 0 Å². The first-order valence-corrected chi connectivity index (χ1v) is 7.49. The summed E-state index contributed by atoms with van der Waals surface area (Å²) in [6, 6.07) is 8.24. The predicted molar refractivity (Wildman–Crippen MR) is 87.9 cm³/mol. The van der Waals surface area contributed by atoms with E-state index in [4.69, 9.17) is 0 Å². The molecule has 9 heteroatoms. The molecule has 0 radical (unpaired) electrons. The van der Waals surface area contributed by atoms with Gasteiger partial charge < -0.3 is 14.5 Å². The van der Waals surface area contributed by atoms with E-state index < -0.39 is 29.8 Å². The first-order chi connectivity index (χ1) is 12.3. The topological polar surface area (TPSA) is 68.9 Å². The second-order valence-electron chi connectivity index (χ2n) is 5.45. The Morgan fingerprint density at radius 3 is 2.46 bits per heavy atom. The van der Waals surface area contributed by atoms with Gasteiger partial charge in [-0.25, -0.2) is 4.98 Å². The predicted octanol–water partition coefficient (Wildman–Crippen LogP) is 2.69. The van der Waals surface area contributed by atoms with Gasteiger partial charge in [0.25, 0.3) is 5.56 Å². The Hall–Kier alpha value is -3.36. The van der Waals surface area contributed by atoms with Gasteiger partial charge in [-0.15, -0.1) is 0 Å². The van der Waals surface area contributed by atoms with Crippen LogP contribution >= 0.6 is 0 Å². The van der Waals surface area contributed by atoms with Crippen molar-refractivity contribution in [2.45, 2.75) is 12.7 Å². The van der Waals surface area contributed by atoms with Crippen molar-refractivity contribution >= 4 is 11.6 Å². The highest BCUT2D eigenvalue weighted by atomic mass is 19.4. The van der Waals surface area contributed by atoms with Crippen LogP contribution in [0.25, 0.3) is 5.69 Å². The molecule has 3 rings (SSSR count). The molecule has 0 saturated heterocycles. The zero-order chi connectivity index (χ0) is 18.7. The SMILES string of the molecule is O=C(Cn1cc(C(F)(F)F)ccc1=O)Nc1ccc(-n2ccnc2)cc1. The number of pyridine rings is 1. The van der Waals surface area contributed by atoms with E-state index in [1.54, 1.807) is 47.6 Å². The molecule has 1 N–H and O–H groups in total. The minimum absolute atomic E-state index is 0.457. The summed E-state index contributed by atoms with van der Waals surface area (Å²) in [5.74, 6) is -0.609. The lowest BCUT2D eigenvalue weighted by atomic mass is 10.2. The first-order valence-electron chi connectivity index (χ1n) is 7.49. The normalized spacial score (nSPS) is 11.3. The fraction of sp³-hybridized carbons (Fsp3) is 0.118. The summed E-state index contributed by atoms with van der Waals surface area (Å²) < 4.78 is 40.6. The standard InChI is InChI=1S/C17H13F3N4O2/c18-17(19,20)12-1-6-16(26)24(9-12)10-15(25)22-13-2-4-14(5-3-13)23-8-7-21-11-23/h1-9,11H,10H2,(H,22,25). The molecule has 1 amide bonds. The van der Waals surface area contributed by atoms with Crippen LogP contribution in [-0.4, -0.2) is 20.0 Å². The quantitative estimate of drug-likeness (QED) is 0.776. The summed E-state index contributed by atoms with van der Waals surface area (Å²) in [6.07, 6.45) is 1.04. The molecule has 0 bridgehead atoms. The smallest absolute Gasteiger partial charge is 0.325 e. The molecule has 134 valence electrons. The molecule has 6 nitrogen and oxygen atoms in total. The van der Waals surface area contributed by atoms with Crippen molar-refractivity contribution in [3.8, 4) is 5.69 Å². The summed E-state index contributed by atoms with van der Waals surface area (Å²) in [5, 5.41) is 2.54. The number of hydrogen-bond donors (Lipinski definition) is 1. The minimum atomic E-state index is -4.59. The summed E-state index contributed by atoms with van der Waals surface area (Å²) in [4.78, 5) is 27.6. The van der Waals surface area contributed by atoms with Crippen LogP contribution in [0, 0.1) is 0 Å². The fourth-order valence-corrected chi connectivity index (χ4v) is 2.31. The van der Waals surface area contributed by atoms with E-state index in [9.17, 15) is 22.8 Å². The zero-order valence-corrected chi connectivity index (χ0v) is 13.3. The Labute approximate surface area is 145 Å². The maximum absolute atomic E-state index is 12.7. The largest absolute Gasteiger partial charge is 0.417 e. The van der Waals surface area contributed by atoms with Crippen LogP contribution in [0.4, 0.5) is 18.9 Å². The Bertz CT molecular complexity index is 961. The van der Waals surface area contributed by atoms with Crippen molar-refractivity contribution in [3.63, 3.8) is 0 Å². The zero-order valence-electron chi connectivity index (χ0n) is 13.3. The number of alkyl halides is 3. The molecule has 0 saturated carbocycles. The highest BCUT2D eigenvalue weighted by Crippen LogP contribution is 2.28.